The number of nitrogens with two attached hydrogens (primary N) is 2. The van der Waals surface area contributed by atoms with Crippen molar-refractivity contribution in [1.29, 1.82) is 0 Å². The lowest BCUT2D eigenvalue weighted by Crippen LogP contribution is -2.07. The molecule has 2 aromatic carbocycles. The number of hydrogen-bond donors (Lipinski definition) is 4. The lowest BCUT2D eigenvalue weighted by atomic mass is 10.0. The van der Waals surface area contributed by atoms with Crippen molar-refractivity contribution in [1.82, 2.24) is 0 Å². The first-order valence-corrected chi connectivity index (χ1v) is 5.50. The molecule has 0 heterocycles. The second kappa shape index (κ2) is 5.39. The molecular weight excluding hydrogens is 228 g/mol. The summed E-state index contributed by atoms with van der Waals surface area (Å²) in [6.07, 6.45) is 0. The van der Waals surface area contributed by atoms with Crippen molar-refractivity contribution < 1.29 is 4.74 Å². The summed E-state index contributed by atoms with van der Waals surface area (Å²) >= 11 is 0. The monoisotopic (exact) mass is 244 g/mol. The molecule has 0 bridgehead atoms. The normalized spacial score (nSPS) is 9.94. The highest BCUT2D eigenvalue weighted by Crippen LogP contribution is 2.32. The number of hydrazine groups is 2. The average Bonchev–Trinajstić information content (AvgIpc) is 2.46. The van der Waals surface area contributed by atoms with Gasteiger partial charge in [-0.25, -0.2) is 0 Å². The first kappa shape index (κ1) is 12.2. The topological polar surface area (TPSA) is 85.3 Å². The van der Waals surface area contributed by atoms with E-state index in [2.05, 4.69) is 10.9 Å². The lowest BCUT2D eigenvalue weighted by molar-refractivity contribution is 0.416. The maximum absolute atomic E-state index is 5.37. The number of rotatable bonds is 4. The molecule has 2 rings (SSSR count). The summed E-state index contributed by atoms with van der Waals surface area (Å²) in [6, 6.07) is 13.5. The second-order valence-corrected chi connectivity index (χ2v) is 3.78. The van der Waals surface area contributed by atoms with Crippen LogP contribution in [0, 0.1) is 0 Å². The number of hydrogen-bond acceptors (Lipinski definition) is 5. The Kier molecular flexibility index (Phi) is 3.66. The summed E-state index contributed by atoms with van der Waals surface area (Å²) in [5.74, 6) is 11.5. The summed E-state index contributed by atoms with van der Waals surface area (Å²) in [5, 5.41) is 0. The smallest absolute Gasteiger partial charge is 0.128 e. The first-order valence-electron chi connectivity index (χ1n) is 5.50. The summed E-state index contributed by atoms with van der Waals surface area (Å²) < 4.78 is 5.36. The molecule has 5 heteroatoms. The third kappa shape index (κ3) is 2.37. The first-order chi connectivity index (χ1) is 8.78. The molecular formula is C13H16N4O. The molecule has 0 atom stereocenters. The number of ether oxygens (including phenoxy) is 1. The van der Waals surface area contributed by atoms with Gasteiger partial charge in [0.1, 0.15) is 5.75 Å². The molecule has 5 nitrogen and oxygen atoms in total. The minimum absolute atomic E-state index is 0.763. The van der Waals surface area contributed by atoms with Crippen LogP contribution in [-0.2, 0) is 0 Å². The van der Waals surface area contributed by atoms with E-state index in [4.69, 9.17) is 16.4 Å². The molecule has 94 valence electrons. The van der Waals surface area contributed by atoms with Crippen LogP contribution < -0.4 is 27.3 Å². The van der Waals surface area contributed by atoms with Crippen molar-refractivity contribution in [2.24, 2.45) is 11.7 Å². The molecule has 0 aliphatic rings. The number of anilines is 2. The van der Waals surface area contributed by atoms with Gasteiger partial charge in [-0.1, -0.05) is 12.1 Å². The molecule has 0 amide bonds. The van der Waals surface area contributed by atoms with E-state index in [1.807, 2.05) is 42.5 Å². The van der Waals surface area contributed by atoms with Crippen molar-refractivity contribution in [2.75, 3.05) is 18.0 Å². The highest BCUT2D eigenvalue weighted by Gasteiger charge is 2.06. The molecule has 0 aliphatic heterocycles. The van der Waals surface area contributed by atoms with E-state index in [1.165, 1.54) is 0 Å². The van der Waals surface area contributed by atoms with E-state index < -0.39 is 0 Å². The molecule has 0 radical (unpaired) electrons. The van der Waals surface area contributed by atoms with E-state index in [0.717, 1.165) is 28.3 Å². The Morgan fingerprint density at radius 3 is 2.06 bits per heavy atom. The van der Waals surface area contributed by atoms with Crippen molar-refractivity contribution in [3.05, 3.63) is 42.5 Å². The zero-order chi connectivity index (χ0) is 13.0. The van der Waals surface area contributed by atoms with E-state index >= 15 is 0 Å². The van der Waals surface area contributed by atoms with Gasteiger partial charge < -0.3 is 15.6 Å². The van der Waals surface area contributed by atoms with Crippen LogP contribution in [0.15, 0.2) is 42.5 Å². The maximum atomic E-state index is 5.37. The largest absolute Gasteiger partial charge is 0.496 e. The minimum atomic E-state index is 0.763. The molecule has 0 fully saturated rings. The molecule has 0 aromatic heterocycles. The second-order valence-electron chi connectivity index (χ2n) is 3.78. The van der Waals surface area contributed by atoms with Gasteiger partial charge in [-0.15, -0.1) is 0 Å². The van der Waals surface area contributed by atoms with Gasteiger partial charge in [-0.3, -0.25) is 11.7 Å². The highest BCUT2D eigenvalue weighted by molar-refractivity contribution is 5.74. The molecule has 0 unspecified atom stereocenters. The Labute approximate surface area is 106 Å². The molecule has 0 saturated heterocycles. The van der Waals surface area contributed by atoms with Crippen molar-refractivity contribution in [3.8, 4) is 16.9 Å². The Morgan fingerprint density at radius 2 is 1.50 bits per heavy atom. The number of nitrogen functional groups attached to an aromatic ring is 2. The molecule has 0 saturated carbocycles. The standard InChI is InChI=1S/C13H16N4O/c1-18-13-8-11(17-15)6-7-12(13)9-2-4-10(16-14)5-3-9/h2-8,16-17H,14-15H2,1H3. The van der Waals surface area contributed by atoms with Crippen LogP contribution in [0.4, 0.5) is 11.4 Å². The molecule has 0 aliphatic carbocycles. The summed E-state index contributed by atoms with van der Waals surface area (Å²) in [7, 11) is 1.63. The molecule has 2 aromatic rings. The Bertz CT molecular complexity index is 525. The van der Waals surface area contributed by atoms with Gasteiger partial charge in [0.25, 0.3) is 0 Å². The zero-order valence-corrected chi connectivity index (χ0v) is 10.1. The van der Waals surface area contributed by atoms with Gasteiger partial charge in [0.2, 0.25) is 0 Å². The highest BCUT2D eigenvalue weighted by atomic mass is 16.5. The van der Waals surface area contributed by atoms with Crippen molar-refractivity contribution >= 4 is 11.4 Å². The van der Waals surface area contributed by atoms with Crippen LogP contribution in [0.3, 0.4) is 0 Å². The van der Waals surface area contributed by atoms with Crippen LogP contribution in [0.5, 0.6) is 5.75 Å². The van der Waals surface area contributed by atoms with E-state index in [1.54, 1.807) is 7.11 Å². The van der Waals surface area contributed by atoms with Gasteiger partial charge >= 0.3 is 0 Å². The molecule has 0 spiro atoms. The zero-order valence-electron chi connectivity index (χ0n) is 10.1. The predicted molar refractivity (Wildman–Crippen MR) is 74.1 cm³/mol. The van der Waals surface area contributed by atoms with Gasteiger partial charge in [-0.05, 0) is 29.8 Å². The Hall–Kier alpha value is -2.24. The number of benzene rings is 2. The van der Waals surface area contributed by atoms with Crippen LogP contribution in [0.2, 0.25) is 0 Å². The van der Waals surface area contributed by atoms with Crippen LogP contribution in [-0.4, -0.2) is 7.11 Å². The quantitative estimate of drug-likeness (QED) is 0.488. The number of methoxy groups -OCH3 is 1. The molecule has 6 N–H and O–H groups in total. The van der Waals surface area contributed by atoms with E-state index in [9.17, 15) is 0 Å². The summed E-state index contributed by atoms with van der Waals surface area (Å²) in [6.45, 7) is 0. The third-order valence-corrected chi connectivity index (χ3v) is 2.73. The minimum Gasteiger partial charge on any atom is -0.496 e. The van der Waals surface area contributed by atoms with Gasteiger partial charge in [0.05, 0.1) is 12.8 Å². The van der Waals surface area contributed by atoms with E-state index in [0.29, 0.717) is 0 Å². The van der Waals surface area contributed by atoms with Crippen molar-refractivity contribution in [2.45, 2.75) is 0 Å². The fourth-order valence-electron chi connectivity index (χ4n) is 1.77. The van der Waals surface area contributed by atoms with E-state index in [-0.39, 0.29) is 0 Å². The Morgan fingerprint density at radius 1 is 0.889 bits per heavy atom. The molecule has 18 heavy (non-hydrogen) atoms. The SMILES string of the molecule is COc1cc(NN)ccc1-c1ccc(NN)cc1. The number of nitrogens with one attached hydrogen (secondary N) is 2. The van der Waals surface area contributed by atoms with Crippen LogP contribution in [0.1, 0.15) is 0 Å². The van der Waals surface area contributed by atoms with Crippen LogP contribution >= 0.6 is 0 Å². The van der Waals surface area contributed by atoms with Crippen molar-refractivity contribution in [3.63, 3.8) is 0 Å². The fraction of sp³-hybridized carbons (Fsp3) is 0.0769. The lowest BCUT2D eigenvalue weighted by Gasteiger charge is -2.11. The summed E-state index contributed by atoms with van der Waals surface area (Å²) in [5.41, 5.74) is 8.90. The predicted octanol–water partition coefficient (Wildman–Crippen LogP) is 1.93. The average molecular weight is 244 g/mol. The van der Waals surface area contributed by atoms with Gasteiger partial charge in [0, 0.05) is 17.3 Å². The Balaban J connectivity index is 2.42. The van der Waals surface area contributed by atoms with Gasteiger partial charge in [-0.2, -0.15) is 0 Å². The third-order valence-electron chi connectivity index (χ3n) is 2.73. The van der Waals surface area contributed by atoms with Crippen LogP contribution in [0.25, 0.3) is 11.1 Å². The van der Waals surface area contributed by atoms with Gasteiger partial charge in [0.15, 0.2) is 0 Å². The maximum Gasteiger partial charge on any atom is 0.128 e. The fourth-order valence-corrected chi connectivity index (χ4v) is 1.77. The summed E-state index contributed by atoms with van der Waals surface area (Å²) in [4.78, 5) is 0.